The van der Waals surface area contributed by atoms with E-state index in [4.69, 9.17) is 16.5 Å². The predicted octanol–water partition coefficient (Wildman–Crippen LogP) is 2.99. The Morgan fingerprint density at radius 3 is 2.58 bits per heavy atom. The van der Waals surface area contributed by atoms with E-state index in [1.165, 1.54) is 11.3 Å². The molecule has 1 saturated heterocycles. The highest BCUT2D eigenvalue weighted by Gasteiger charge is 2.38. The molecule has 3 aromatic carbocycles. The maximum Gasteiger partial charge on any atom is 0.243 e. The number of carbonyl (C=O) groups excluding carboxylic acids is 3. The van der Waals surface area contributed by atoms with Gasteiger partial charge in [-0.05, 0) is 56.2 Å². The van der Waals surface area contributed by atoms with Crippen molar-refractivity contribution in [2.75, 3.05) is 20.1 Å². The van der Waals surface area contributed by atoms with Crippen molar-refractivity contribution in [3.63, 3.8) is 0 Å². The minimum absolute atomic E-state index is 0.0281. The second kappa shape index (κ2) is 13.7. The third kappa shape index (κ3) is 7.00. The number of hydrogen-bond donors (Lipinski definition) is 4. The van der Waals surface area contributed by atoms with Crippen LogP contribution < -0.4 is 22.1 Å². The smallest absolute Gasteiger partial charge is 0.243 e. The van der Waals surface area contributed by atoms with Gasteiger partial charge in [0.2, 0.25) is 17.6 Å². The van der Waals surface area contributed by atoms with Crippen molar-refractivity contribution in [3.8, 4) is 0 Å². The highest BCUT2D eigenvalue weighted by atomic mass is 32.1. The van der Waals surface area contributed by atoms with Crippen LogP contribution in [-0.4, -0.2) is 71.7 Å². The largest absolute Gasteiger partial charge is 0.370 e. The number of nitrogens with one attached hydrogen (secondary N) is 2. The lowest BCUT2D eigenvalue weighted by Gasteiger charge is -2.29. The van der Waals surface area contributed by atoms with E-state index < -0.39 is 18.1 Å². The summed E-state index contributed by atoms with van der Waals surface area (Å²) in [6.07, 6.45) is 2.56. The van der Waals surface area contributed by atoms with Crippen LogP contribution in [-0.2, 0) is 16.0 Å². The third-order valence-corrected chi connectivity index (χ3v) is 8.88. The molecule has 2 heterocycles. The molecule has 0 radical (unpaired) electrons. The Hall–Kier alpha value is -4.35. The zero-order chi connectivity index (χ0) is 30.3. The average molecular weight is 600 g/mol. The number of guanidine groups is 1. The molecule has 43 heavy (non-hydrogen) atoms. The monoisotopic (exact) mass is 599 g/mol. The zero-order valence-electron chi connectivity index (χ0n) is 24.2. The van der Waals surface area contributed by atoms with Crippen LogP contribution in [0.3, 0.4) is 0 Å². The quantitative estimate of drug-likeness (QED) is 0.0844. The Bertz CT molecular complexity index is 1630. The number of fused-ring (bicyclic) bond motifs is 3. The molecule has 224 valence electrons. The molecule has 1 aromatic heterocycles. The summed E-state index contributed by atoms with van der Waals surface area (Å²) in [5.41, 5.74) is 12.8. The van der Waals surface area contributed by atoms with E-state index in [0.717, 1.165) is 26.6 Å². The van der Waals surface area contributed by atoms with Crippen LogP contribution in [0.15, 0.2) is 71.7 Å². The number of likely N-dealkylation sites (tertiary alicyclic amines) is 1. The van der Waals surface area contributed by atoms with Crippen molar-refractivity contribution < 1.29 is 14.4 Å². The van der Waals surface area contributed by atoms with Gasteiger partial charge in [0.15, 0.2) is 11.0 Å². The first-order valence-corrected chi connectivity index (χ1v) is 15.4. The summed E-state index contributed by atoms with van der Waals surface area (Å²) in [6.45, 7) is 0.807. The fourth-order valence-corrected chi connectivity index (χ4v) is 6.60. The van der Waals surface area contributed by atoms with Crippen LogP contribution in [0.25, 0.3) is 21.0 Å². The molecule has 1 aliphatic rings. The van der Waals surface area contributed by atoms with Crippen molar-refractivity contribution >= 4 is 55.9 Å². The first-order chi connectivity index (χ1) is 20.9. The molecule has 0 bridgehead atoms. The van der Waals surface area contributed by atoms with Gasteiger partial charge >= 0.3 is 0 Å². The number of amides is 2. The lowest BCUT2D eigenvalue weighted by atomic mass is 10.0. The molecule has 6 N–H and O–H groups in total. The maximum atomic E-state index is 13.9. The molecular weight excluding hydrogens is 562 g/mol. The molecular formula is C32H37N7O3S. The van der Waals surface area contributed by atoms with E-state index >= 15 is 0 Å². The number of carbonyl (C=O) groups is 3. The van der Waals surface area contributed by atoms with E-state index in [1.807, 2.05) is 66.7 Å². The summed E-state index contributed by atoms with van der Waals surface area (Å²) in [6, 6.07) is 19.7. The number of Topliss-reactive ketones (excluding diaryl/α,β-unsaturated/α-hetero) is 1. The van der Waals surface area contributed by atoms with Gasteiger partial charge in [0.1, 0.15) is 6.04 Å². The normalized spacial score (nSPS) is 16.2. The van der Waals surface area contributed by atoms with Crippen LogP contribution in [0, 0.1) is 0 Å². The van der Waals surface area contributed by atoms with Gasteiger partial charge in [-0.3, -0.25) is 19.4 Å². The fraction of sp³-hybridized carbons (Fsp3) is 0.344. The Labute approximate surface area is 254 Å². The molecule has 0 spiro atoms. The highest BCUT2D eigenvalue weighted by molar-refractivity contribution is 7.20. The Morgan fingerprint density at radius 2 is 1.81 bits per heavy atom. The van der Waals surface area contributed by atoms with E-state index in [-0.39, 0.29) is 23.6 Å². The summed E-state index contributed by atoms with van der Waals surface area (Å²) in [5, 5.41) is 8.43. The van der Waals surface area contributed by atoms with E-state index in [0.29, 0.717) is 50.2 Å². The topological polar surface area (TPSA) is 156 Å². The van der Waals surface area contributed by atoms with Gasteiger partial charge in [0.05, 0.1) is 22.3 Å². The van der Waals surface area contributed by atoms with Gasteiger partial charge in [-0.2, -0.15) is 0 Å². The number of nitrogens with two attached hydrogens (primary N) is 2. The van der Waals surface area contributed by atoms with Crippen LogP contribution in [0.5, 0.6) is 0 Å². The molecule has 1 aliphatic heterocycles. The first-order valence-electron chi connectivity index (χ1n) is 14.6. The van der Waals surface area contributed by atoms with Crippen LogP contribution >= 0.6 is 11.3 Å². The van der Waals surface area contributed by atoms with Crippen LogP contribution in [0.4, 0.5) is 0 Å². The van der Waals surface area contributed by atoms with Gasteiger partial charge in [-0.1, -0.05) is 60.7 Å². The highest BCUT2D eigenvalue weighted by Crippen LogP contribution is 2.30. The van der Waals surface area contributed by atoms with Gasteiger partial charge in [-0.15, -0.1) is 11.3 Å². The first kappa shape index (κ1) is 30.1. The van der Waals surface area contributed by atoms with E-state index in [1.54, 1.807) is 11.9 Å². The minimum Gasteiger partial charge on any atom is -0.370 e. The molecule has 1 fully saturated rings. The second-order valence-electron chi connectivity index (χ2n) is 10.7. The van der Waals surface area contributed by atoms with Crippen LogP contribution in [0.2, 0.25) is 0 Å². The summed E-state index contributed by atoms with van der Waals surface area (Å²) in [5.74, 6) is -0.763. The third-order valence-electron chi connectivity index (χ3n) is 7.84. The minimum atomic E-state index is -0.838. The number of ketones is 1. The zero-order valence-corrected chi connectivity index (χ0v) is 25.0. The average Bonchev–Trinajstić information content (AvgIpc) is 3.69. The Morgan fingerprint density at radius 1 is 1.05 bits per heavy atom. The number of likely N-dealkylation sites (N-methyl/N-ethyl adjacent to an activating group) is 1. The maximum absolute atomic E-state index is 13.9. The van der Waals surface area contributed by atoms with Crippen molar-refractivity contribution in [2.24, 2.45) is 16.5 Å². The van der Waals surface area contributed by atoms with Gasteiger partial charge < -0.3 is 27.0 Å². The number of aliphatic imine (C=N–C) groups is 1. The van der Waals surface area contributed by atoms with E-state index in [9.17, 15) is 14.4 Å². The number of aromatic nitrogens is 1. The molecule has 11 heteroatoms. The summed E-state index contributed by atoms with van der Waals surface area (Å²) in [7, 11) is 1.75. The molecule has 10 nitrogen and oxygen atoms in total. The molecule has 4 aromatic rings. The lowest BCUT2D eigenvalue weighted by molar-refractivity contribution is -0.140. The second-order valence-corrected chi connectivity index (χ2v) is 11.8. The molecule has 0 aliphatic carbocycles. The molecule has 5 rings (SSSR count). The Kier molecular flexibility index (Phi) is 9.63. The summed E-state index contributed by atoms with van der Waals surface area (Å²) < 4.78 is 0.900. The fourth-order valence-electron chi connectivity index (χ4n) is 5.62. The van der Waals surface area contributed by atoms with Gasteiger partial charge in [0.25, 0.3) is 0 Å². The van der Waals surface area contributed by atoms with Crippen molar-refractivity contribution in [1.82, 2.24) is 20.5 Å². The molecule has 0 saturated carbocycles. The van der Waals surface area contributed by atoms with E-state index in [2.05, 4.69) is 15.6 Å². The molecule has 2 amide bonds. The lowest BCUT2D eigenvalue weighted by Crippen LogP contribution is -2.54. The number of thiazole rings is 1. The number of hydrogen-bond acceptors (Lipinski definition) is 7. The molecule has 1 unspecified atom stereocenters. The standard InChI is InChI=1S/C32H37N7O3S/c1-35-24(19-20-9-3-2-4-10-20)31(42)39-18-8-14-25(39)29(41)37-23(13-7-17-36-32(33)34)28(40)30-38-27-22-12-6-5-11-21(22)15-16-26(27)43-30/h2-6,9-12,15-16,23-25,35H,7-8,13-14,17-19H2,1H3,(H,37,41)(H4,33,34,36)/t23?,24-,25+/m1/s1. The predicted molar refractivity (Wildman–Crippen MR) is 171 cm³/mol. The number of benzene rings is 3. The summed E-state index contributed by atoms with van der Waals surface area (Å²) >= 11 is 1.31. The number of rotatable bonds is 12. The SMILES string of the molecule is CN[C@H](Cc1ccccc1)C(=O)N1CCC[C@H]1C(=O)NC(CCCN=C(N)N)C(=O)c1nc2c(ccc3ccccc32)s1. The number of nitrogens with zero attached hydrogens (tertiary/aromatic N) is 3. The van der Waals surface area contributed by atoms with Gasteiger partial charge in [-0.25, -0.2) is 4.98 Å². The Balaban J connectivity index is 1.35. The van der Waals surface area contributed by atoms with Crippen LogP contribution in [0.1, 0.15) is 41.0 Å². The van der Waals surface area contributed by atoms with Crippen molar-refractivity contribution in [1.29, 1.82) is 0 Å². The summed E-state index contributed by atoms with van der Waals surface area (Å²) in [4.78, 5) is 51.5. The van der Waals surface area contributed by atoms with Crippen molar-refractivity contribution in [2.45, 2.75) is 50.2 Å². The molecule has 3 atom stereocenters. The van der Waals surface area contributed by atoms with Crippen molar-refractivity contribution in [3.05, 3.63) is 77.3 Å². The van der Waals surface area contributed by atoms with Gasteiger partial charge in [0, 0.05) is 18.5 Å².